The maximum absolute atomic E-state index is 8.55. The normalized spacial score (nSPS) is 9.50. The van der Waals surface area contributed by atoms with E-state index in [2.05, 4.69) is 36.9 Å². The zero-order valence-corrected chi connectivity index (χ0v) is 8.83. The van der Waals surface area contributed by atoms with E-state index < -0.39 is 0 Å². The molecular formula is C12H16N2. The van der Waals surface area contributed by atoms with E-state index >= 15 is 0 Å². The van der Waals surface area contributed by atoms with Gasteiger partial charge in [0.15, 0.2) is 0 Å². The van der Waals surface area contributed by atoms with Crippen LogP contribution in [-0.2, 0) is 0 Å². The molecule has 0 saturated carbocycles. The van der Waals surface area contributed by atoms with Gasteiger partial charge < -0.3 is 4.90 Å². The number of benzene rings is 1. The van der Waals surface area contributed by atoms with Crippen LogP contribution in [0.1, 0.15) is 18.9 Å². The largest absolute Gasteiger partial charge is 0.371 e. The number of aryl methyl sites for hydroxylation is 1. The van der Waals surface area contributed by atoms with E-state index in [4.69, 9.17) is 5.26 Å². The highest BCUT2D eigenvalue weighted by Gasteiger charge is 2.05. The highest BCUT2D eigenvalue weighted by Crippen LogP contribution is 2.18. The molecule has 1 aromatic rings. The fraction of sp³-hybridized carbons (Fsp3) is 0.417. The highest BCUT2D eigenvalue weighted by atomic mass is 15.1. The van der Waals surface area contributed by atoms with Crippen molar-refractivity contribution in [1.29, 1.82) is 5.26 Å². The number of rotatable bonds is 4. The molecule has 74 valence electrons. The average Bonchev–Trinajstić information content (AvgIpc) is 2.21. The van der Waals surface area contributed by atoms with Crippen LogP contribution in [0.2, 0.25) is 0 Å². The summed E-state index contributed by atoms with van der Waals surface area (Å²) in [5.74, 6) is 0. The molecule has 0 heterocycles. The highest BCUT2D eigenvalue weighted by molar-refractivity contribution is 5.52. The summed E-state index contributed by atoms with van der Waals surface area (Å²) in [6.45, 7) is 5.98. The minimum absolute atomic E-state index is 0.585. The maximum Gasteiger partial charge on any atom is 0.0640 e. The lowest BCUT2D eigenvalue weighted by Crippen LogP contribution is -2.24. The molecule has 0 aliphatic heterocycles. The van der Waals surface area contributed by atoms with Crippen LogP contribution in [0.25, 0.3) is 0 Å². The first-order valence-corrected chi connectivity index (χ1v) is 4.97. The van der Waals surface area contributed by atoms with Crippen LogP contribution in [0.15, 0.2) is 24.3 Å². The van der Waals surface area contributed by atoms with Gasteiger partial charge in [-0.3, -0.25) is 0 Å². The number of anilines is 1. The lowest BCUT2D eigenvalue weighted by atomic mass is 10.2. The van der Waals surface area contributed by atoms with Crippen LogP contribution >= 0.6 is 0 Å². The Morgan fingerprint density at radius 1 is 1.36 bits per heavy atom. The Hall–Kier alpha value is -1.49. The van der Waals surface area contributed by atoms with Crippen molar-refractivity contribution in [3.8, 4) is 6.07 Å². The van der Waals surface area contributed by atoms with Crippen molar-refractivity contribution in [1.82, 2.24) is 0 Å². The van der Waals surface area contributed by atoms with Crippen LogP contribution in [0.5, 0.6) is 0 Å². The van der Waals surface area contributed by atoms with Crippen molar-refractivity contribution in [2.24, 2.45) is 0 Å². The first-order valence-electron chi connectivity index (χ1n) is 4.97. The summed E-state index contributed by atoms with van der Waals surface area (Å²) in [5, 5.41) is 8.55. The van der Waals surface area contributed by atoms with E-state index in [-0.39, 0.29) is 0 Å². The zero-order valence-electron chi connectivity index (χ0n) is 8.83. The van der Waals surface area contributed by atoms with E-state index in [1.807, 2.05) is 12.1 Å². The average molecular weight is 188 g/mol. The van der Waals surface area contributed by atoms with E-state index in [1.54, 1.807) is 0 Å². The molecule has 0 aliphatic carbocycles. The van der Waals surface area contributed by atoms with Crippen molar-refractivity contribution in [2.75, 3.05) is 18.0 Å². The lowest BCUT2D eigenvalue weighted by Gasteiger charge is -2.23. The van der Waals surface area contributed by atoms with E-state index in [9.17, 15) is 0 Å². The first-order chi connectivity index (χ1) is 6.79. The van der Waals surface area contributed by atoms with Gasteiger partial charge in [-0.05, 0) is 25.5 Å². The summed E-state index contributed by atoms with van der Waals surface area (Å²) in [5.41, 5.74) is 2.51. The van der Waals surface area contributed by atoms with E-state index in [0.717, 1.165) is 13.1 Å². The third kappa shape index (κ3) is 2.50. The topological polar surface area (TPSA) is 27.0 Å². The number of hydrogen-bond acceptors (Lipinski definition) is 2. The molecule has 0 unspecified atom stereocenters. The minimum atomic E-state index is 0.585. The Kier molecular flexibility index (Phi) is 4.00. The Labute approximate surface area is 85.8 Å². The van der Waals surface area contributed by atoms with Crippen molar-refractivity contribution in [3.05, 3.63) is 29.8 Å². The Morgan fingerprint density at radius 3 is 2.64 bits per heavy atom. The fourth-order valence-electron chi connectivity index (χ4n) is 1.55. The second kappa shape index (κ2) is 5.29. The van der Waals surface area contributed by atoms with Gasteiger partial charge >= 0.3 is 0 Å². The second-order valence-corrected chi connectivity index (χ2v) is 3.27. The Balaban J connectivity index is 2.79. The Morgan fingerprint density at radius 2 is 2.07 bits per heavy atom. The molecular weight excluding hydrogens is 172 g/mol. The molecule has 1 rings (SSSR count). The summed E-state index contributed by atoms with van der Waals surface area (Å²) < 4.78 is 0. The van der Waals surface area contributed by atoms with Gasteiger partial charge in [-0.25, -0.2) is 0 Å². The van der Waals surface area contributed by atoms with Gasteiger partial charge in [0.25, 0.3) is 0 Å². The second-order valence-electron chi connectivity index (χ2n) is 3.27. The molecule has 0 aliphatic rings. The molecule has 2 heteroatoms. The third-order valence-corrected chi connectivity index (χ3v) is 2.33. The summed E-state index contributed by atoms with van der Waals surface area (Å²) in [4.78, 5) is 2.23. The molecule has 0 amide bonds. The predicted molar refractivity (Wildman–Crippen MR) is 59.3 cm³/mol. The van der Waals surface area contributed by atoms with Crippen LogP contribution in [-0.4, -0.2) is 13.1 Å². The quantitative estimate of drug-likeness (QED) is 0.726. The third-order valence-electron chi connectivity index (χ3n) is 2.33. The summed E-state index contributed by atoms with van der Waals surface area (Å²) in [6.07, 6.45) is 0.585. The number of hydrogen-bond donors (Lipinski definition) is 0. The summed E-state index contributed by atoms with van der Waals surface area (Å²) in [6, 6.07) is 10.5. The minimum Gasteiger partial charge on any atom is -0.371 e. The molecule has 0 atom stereocenters. The molecule has 0 saturated heterocycles. The monoisotopic (exact) mass is 188 g/mol. The smallest absolute Gasteiger partial charge is 0.0640 e. The zero-order chi connectivity index (χ0) is 10.4. The molecule has 14 heavy (non-hydrogen) atoms. The van der Waals surface area contributed by atoms with Crippen LogP contribution < -0.4 is 4.90 Å². The fourth-order valence-corrected chi connectivity index (χ4v) is 1.55. The van der Waals surface area contributed by atoms with Gasteiger partial charge in [0.2, 0.25) is 0 Å². The molecule has 0 N–H and O–H groups in total. The van der Waals surface area contributed by atoms with Crippen LogP contribution in [0.4, 0.5) is 5.69 Å². The van der Waals surface area contributed by atoms with Crippen LogP contribution in [0.3, 0.4) is 0 Å². The van der Waals surface area contributed by atoms with Crippen molar-refractivity contribution in [3.63, 3.8) is 0 Å². The standard InChI is InChI=1S/C12H16N2/c1-3-14(10-6-9-13)12-8-5-4-7-11(12)2/h4-5,7-8H,3,6,10H2,1-2H3. The van der Waals surface area contributed by atoms with Crippen molar-refractivity contribution < 1.29 is 0 Å². The molecule has 1 aromatic carbocycles. The van der Waals surface area contributed by atoms with Gasteiger partial charge in [-0.1, -0.05) is 18.2 Å². The van der Waals surface area contributed by atoms with E-state index in [0.29, 0.717) is 6.42 Å². The molecule has 0 spiro atoms. The molecule has 0 bridgehead atoms. The van der Waals surface area contributed by atoms with Crippen molar-refractivity contribution in [2.45, 2.75) is 20.3 Å². The van der Waals surface area contributed by atoms with E-state index in [1.165, 1.54) is 11.3 Å². The Bertz CT molecular complexity index is 325. The van der Waals surface area contributed by atoms with Gasteiger partial charge in [0, 0.05) is 18.8 Å². The van der Waals surface area contributed by atoms with Gasteiger partial charge in [0.1, 0.15) is 0 Å². The number of nitriles is 1. The van der Waals surface area contributed by atoms with Gasteiger partial charge in [0.05, 0.1) is 12.5 Å². The summed E-state index contributed by atoms with van der Waals surface area (Å²) >= 11 is 0. The predicted octanol–water partition coefficient (Wildman–Crippen LogP) is 2.74. The first kappa shape index (κ1) is 10.6. The number of para-hydroxylation sites is 1. The molecule has 0 radical (unpaired) electrons. The van der Waals surface area contributed by atoms with Crippen molar-refractivity contribution >= 4 is 5.69 Å². The SMILES string of the molecule is CCN(CCC#N)c1ccccc1C. The number of nitrogens with zero attached hydrogens (tertiary/aromatic N) is 2. The molecule has 0 aromatic heterocycles. The molecule has 0 fully saturated rings. The van der Waals surface area contributed by atoms with Crippen LogP contribution in [0, 0.1) is 18.3 Å². The summed E-state index contributed by atoms with van der Waals surface area (Å²) in [7, 11) is 0. The maximum atomic E-state index is 8.55. The van der Waals surface area contributed by atoms with Gasteiger partial charge in [-0.2, -0.15) is 5.26 Å². The molecule has 2 nitrogen and oxygen atoms in total. The lowest BCUT2D eigenvalue weighted by molar-refractivity contribution is 0.823. The van der Waals surface area contributed by atoms with Gasteiger partial charge in [-0.15, -0.1) is 0 Å².